The van der Waals surface area contributed by atoms with Gasteiger partial charge in [-0.05, 0) is 12.8 Å². The first-order valence-corrected chi connectivity index (χ1v) is 8.02. The zero-order chi connectivity index (χ0) is 13.2. The van der Waals surface area contributed by atoms with Crippen molar-refractivity contribution in [3.05, 3.63) is 27.9 Å². The molecule has 0 aliphatic heterocycles. The van der Waals surface area contributed by atoms with Crippen LogP contribution >= 0.6 is 27.5 Å². The van der Waals surface area contributed by atoms with Gasteiger partial charge >= 0.3 is 5.69 Å². The van der Waals surface area contributed by atoms with Crippen molar-refractivity contribution in [2.45, 2.75) is 51.5 Å². The molecular weight excluding hydrogens is 316 g/mol. The number of nitrogens with zero attached hydrogens (tertiary/aromatic N) is 2. The van der Waals surface area contributed by atoms with Crippen molar-refractivity contribution in [1.82, 2.24) is 9.55 Å². The van der Waals surface area contributed by atoms with Crippen LogP contribution in [0.4, 0.5) is 0 Å². The van der Waals surface area contributed by atoms with E-state index in [-0.39, 0.29) is 5.69 Å². The van der Waals surface area contributed by atoms with Gasteiger partial charge in [-0.25, -0.2) is 9.78 Å². The highest BCUT2D eigenvalue weighted by molar-refractivity contribution is 9.09. The average Bonchev–Trinajstić information content (AvgIpc) is 2.36. The molecule has 0 aromatic carbocycles. The van der Waals surface area contributed by atoms with Gasteiger partial charge in [-0.3, -0.25) is 4.57 Å². The fourth-order valence-corrected chi connectivity index (χ4v) is 2.41. The van der Waals surface area contributed by atoms with Gasteiger partial charge in [0.2, 0.25) is 0 Å². The molecular formula is C13H20BrClN2O. The maximum Gasteiger partial charge on any atom is 0.347 e. The Morgan fingerprint density at radius 1 is 1.11 bits per heavy atom. The third kappa shape index (κ3) is 6.55. The maximum atomic E-state index is 11.4. The normalized spacial score (nSPS) is 10.8. The highest BCUT2D eigenvalue weighted by Gasteiger charge is 1.98. The van der Waals surface area contributed by atoms with Gasteiger partial charge in [-0.2, -0.15) is 0 Å². The summed E-state index contributed by atoms with van der Waals surface area (Å²) in [6.07, 6.45) is 11.6. The Morgan fingerprint density at radius 3 is 2.39 bits per heavy atom. The molecule has 1 rings (SSSR count). The average molecular weight is 336 g/mol. The summed E-state index contributed by atoms with van der Waals surface area (Å²) in [4.78, 5) is 15.1. The molecule has 0 saturated carbocycles. The summed E-state index contributed by atoms with van der Waals surface area (Å²) >= 11 is 9.23. The molecule has 1 aromatic heterocycles. The Morgan fingerprint density at radius 2 is 1.72 bits per heavy atom. The first-order valence-electron chi connectivity index (χ1n) is 6.52. The highest BCUT2D eigenvalue weighted by atomic mass is 79.9. The first kappa shape index (κ1) is 15.7. The van der Waals surface area contributed by atoms with E-state index in [0.717, 1.165) is 18.2 Å². The largest absolute Gasteiger partial charge is 0.347 e. The van der Waals surface area contributed by atoms with E-state index >= 15 is 0 Å². The molecule has 0 aliphatic rings. The third-order valence-corrected chi connectivity index (χ3v) is 3.61. The summed E-state index contributed by atoms with van der Waals surface area (Å²) < 4.78 is 1.59. The van der Waals surface area contributed by atoms with E-state index in [4.69, 9.17) is 11.6 Å². The van der Waals surface area contributed by atoms with E-state index in [1.54, 1.807) is 10.8 Å². The number of unbranched alkanes of at least 4 members (excludes halogenated alkanes) is 6. The Kier molecular flexibility index (Phi) is 8.34. The van der Waals surface area contributed by atoms with Crippen LogP contribution in [0.2, 0.25) is 5.02 Å². The second-order valence-electron chi connectivity index (χ2n) is 4.41. The summed E-state index contributed by atoms with van der Waals surface area (Å²) in [6, 6.07) is 0. The number of aryl methyl sites for hydroxylation is 1. The van der Waals surface area contributed by atoms with Crippen LogP contribution in [-0.4, -0.2) is 14.9 Å². The van der Waals surface area contributed by atoms with Gasteiger partial charge in [0.25, 0.3) is 0 Å². The molecule has 0 saturated heterocycles. The lowest BCUT2D eigenvalue weighted by Crippen LogP contribution is -2.21. The van der Waals surface area contributed by atoms with E-state index in [2.05, 4.69) is 20.9 Å². The van der Waals surface area contributed by atoms with Crippen LogP contribution in [0.5, 0.6) is 0 Å². The molecule has 18 heavy (non-hydrogen) atoms. The van der Waals surface area contributed by atoms with Crippen molar-refractivity contribution in [2.75, 3.05) is 5.33 Å². The molecule has 0 radical (unpaired) electrons. The SMILES string of the molecule is O=c1ncc(Cl)cn1CCCCCCCCCBr. The number of hydrogen-bond donors (Lipinski definition) is 0. The Labute approximate surface area is 122 Å². The summed E-state index contributed by atoms with van der Waals surface area (Å²) in [6.45, 7) is 0.716. The van der Waals surface area contributed by atoms with Gasteiger partial charge in [0.15, 0.2) is 0 Å². The molecule has 0 fully saturated rings. The molecule has 0 bridgehead atoms. The van der Waals surface area contributed by atoms with Crippen LogP contribution in [0.3, 0.4) is 0 Å². The number of rotatable bonds is 9. The lowest BCUT2D eigenvalue weighted by Gasteiger charge is -2.05. The first-order chi connectivity index (χ1) is 8.74. The van der Waals surface area contributed by atoms with E-state index in [1.165, 1.54) is 38.3 Å². The molecule has 1 aromatic rings. The molecule has 0 amide bonds. The predicted octanol–water partition coefficient (Wildman–Crippen LogP) is 4.02. The third-order valence-electron chi connectivity index (χ3n) is 2.86. The quantitative estimate of drug-likeness (QED) is 0.504. The van der Waals surface area contributed by atoms with Gasteiger partial charge in [0.05, 0.1) is 11.2 Å². The summed E-state index contributed by atoms with van der Waals surface area (Å²) in [5, 5.41) is 1.63. The van der Waals surface area contributed by atoms with Crippen LogP contribution in [0.1, 0.15) is 44.9 Å². The van der Waals surface area contributed by atoms with E-state index in [9.17, 15) is 4.79 Å². The molecule has 5 heteroatoms. The monoisotopic (exact) mass is 334 g/mol. The molecule has 3 nitrogen and oxygen atoms in total. The van der Waals surface area contributed by atoms with E-state index < -0.39 is 0 Å². The minimum atomic E-state index is -0.211. The number of aromatic nitrogens is 2. The van der Waals surface area contributed by atoms with Crippen LogP contribution in [0.25, 0.3) is 0 Å². The molecule has 0 spiro atoms. The zero-order valence-corrected chi connectivity index (χ0v) is 12.9. The number of halogens is 2. The van der Waals surface area contributed by atoms with Crippen molar-refractivity contribution in [2.24, 2.45) is 0 Å². The minimum absolute atomic E-state index is 0.211. The van der Waals surface area contributed by atoms with Crippen LogP contribution in [0.15, 0.2) is 17.2 Å². The van der Waals surface area contributed by atoms with Crippen LogP contribution in [-0.2, 0) is 6.54 Å². The predicted molar refractivity (Wildman–Crippen MR) is 79.6 cm³/mol. The Hall–Kier alpha value is -0.350. The van der Waals surface area contributed by atoms with Gasteiger partial charge in [-0.1, -0.05) is 59.6 Å². The summed E-state index contributed by atoms with van der Waals surface area (Å²) in [5.41, 5.74) is -0.211. The Bertz CT molecular complexity index is 395. The fourth-order valence-electron chi connectivity index (χ4n) is 1.85. The van der Waals surface area contributed by atoms with Gasteiger partial charge in [0, 0.05) is 18.1 Å². The van der Waals surface area contributed by atoms with Crippen molar-refractivity contribution >= 4 is 27.5 Å². The standard InChI is InChI=1S/C13H20BrClN2O/c14-8-6-4-2-1-3-5-7-9-17-11-12(15)10-16-13(17)18/h10-11H,1-9H2. The lowest BCUT2D eigenvalue weighted by atomic mass is 10.1. The van der Waals surface area contributed by atoms with E-state index in [0.29, 0.717) is 11.6 Å². The second kappa shape index (κ2) is 9.56. The van der Waals surface area contributed by atoms with Crippen LogP contribution in [0, 0.1) is 0 Å². The molecule has 1 heterocycles. The molecule has 0 N–H and O–H groups in total. The minimum Gasteiger partial charge on any atom is -0.298 e. The van der Waals surface area contributed by atoms with Crippen molar-refractivity contribution in [3.8, 4) is 0 Å². The molecule has 0 aliphatic carbocycles. The molecule has 0 unspecified atom stereocenters. The molecule has 0 atom stereocenters. The van der Waals surface area contributed by atoms with E-state index in [1.807, 2.05) is 0 Å². The van der Waals surface area contributed by atoms with Gasteiger partial charge in [-0.15, -0.1) is 0 Å². The van der Waals surface area contributed by atoms with Crippen LogP contribution < -0.4 is 5.69 Å². The Balaban J connectivity index is 2.11. The number of alkyl halides is 1. The number of hydrogen-bond acceptors (Lipinski definition) is 2. The summed E-state index contributed by atoms with van der Waals surface area (Å²) in [5.74, 6) is 0. The van der Waals surface area contributed by atoms with Gasteiger partial charge < -0.3 is 0 Å². The summed E-state index contributed by atoms with van der Waals surface area (Å²) in [7, 11) is 0. The van der Waals surface area contributed by atoms with Gasteiger partial charge in [0.1, 0.15) is 0 Å². The zero-order valence-electron chi connectivity index (χ0n) is 10.6. The smallest absolute Gasteiger partial charge is 0.298 e. The lowest BCUT2D eigenvalue weighted by molar-refractivity contribution is 0.538. The topological polar surface area (TPSA) is 34.9 Å². The van der Waals surface area contributed by atoms with Crippen molar-refractivity contribution in [1.29, 1.82) is 0 Å². The fraction of sp³-hybridized carbons (Fsp3) is 0.692. The maximum absolute atomic E-state index is 11.4. The molecule has 102 valence electrons. The highest BCUT2D eigenvalue weighted by Crippen LogP contribution is 2.09. The van der Waals surface area contributed by atoms with Crippen molar-refractivity contribution in [3.63, 3.8) is 0 Å². The second-order valence-corrected chi connectivity index (χ2v) is 5.64. The van der Waals surface area contributed by atoms with Crippen molar-refractivity contribution < 1.29 is 0 Å².